The Bertz CT molecular complexity index is 350. The fraction of sp³-hybridized carbons (Fsp3) is 0.833. The zero-order valence-corrected chi connectivity index (χ0v) is 11.0. The normalized spacial score (nSPS) is 22.0. The molecule has 2 rings (SSSR count). The standard InChI is InChI=1S/C12H21N3O3/c1-3-5-13-9(4-2)11-14-15-12(18-11)10-8-16-6-7-17-10/h9-10,13H,3-8H2,1-2H3. The third-order valence-corrected chi connectivity index (χ3v) is 2.89. The first-order chi connectivity index (χ1) is 8.85. The molecule has 1 aliphatic heterocycles. The van der Waals surface area contributed by atoms with Gasteiger partial charge in [-0.2, -0.15) is 0 Å². The molecule has 6 heteroatoms. The first-order valence-corrected chi connectivity index (χ1v) is 6.61. The van der Waals surface area contributed by atoms with Gasteiger partial charge in [0.1, 0.15) is 0 Å². The topological polar surface area (TPSA) is 69.4 Å². The van der Waals surface area contributed by atoms with E-state index in [1.807, 2.05) is 0 Å². The zero-order chi connectivity index (χ0) is 12.8. The van der Waals surface area contributed by atoms with E-state index in [4.69, 9.17) is 13.9 Å². The van der Waals surface area contributed by atoms with Crippen molar-refractivity contribution in [2.45, 2.75) is 38.8 Å². The van der Waals surface area contributed by atoms with Crippen molar-refractivity contribution in [3.05, 3.63) is 11.8 Å². The molecule has 6 nitrogen and oxygen atoms in total. The second kappa shape index (κ2) is 6.82. The summed E-state index contributed by atoms with van der Waals surface area (Å²) >= 11 is 0. The molecule has 18 heavy (non-hydrogen) atoms. The first kappa shape index (κ1) is 13.5. The van der Waals surface area contributed by atoms with Gasteiger partial charge in [0, 0.05) is 0 Å². The van der Waals surface area contributed by atoms with Gasteiger partial charge in [-0.3, -0.25) is 0 Å². The zero-order valence-electron chi connectivity index (χ0n) is 11.0. The van der Waals surface area contributed by atoms with E-state index in [0.717, 1.165) is 19.4 Å². The average molecular weight is 255 g/mol. The molecule has 1 N–H and O–H groups in total. The highest BCUT2D eigenvalue weighted by Gasteiger charge is 2.24. The number of aromatic nitrogens is 2. The highest BCUT2D eigenvalue weighted by molar-refractivity contribution is 4.93. The quantitative estimate of drug-likeness (QED) is 0.832. The highest BCUT2D eigenvalue weighted by Crippen LogP contribution is 2.22. The second-order valence-corrected chi connectivity index (χ2v) is 4.33. The minimum absolute atomic E-state index is 0.121. The van der Waals surface area contributed by atoms with Crippen molar-refractivity contribution in [3.8, 4) is 0 Å². The van der Waals surface area contributed by atoms with Crippen molar-refractivity contribution < 1.29 is 13.9 Å². The molecule has 102 valence electrons. The summed E-state index contributed by atoms with van der Waals surface area (Å²) in [7, 11) is 0. The molecule has 0 saturated carbocycles. The van der Waals surface area contributed by atoms with Gasteiger partial charge < -0.3 is 19.2 Å². The Balaban J connectivity index is 1.98. The molecule has 0 amide bonds. The Morgan fingerprint density at radius 2 is 2.22 bits per heavy atom. The molecular weight excluding hydrogens is 234 g/mol. The van der Waals surface area contributed by atoms with Crippen LogP contribution in [0.3, 0.4) is 0 Å². The summed E-state index contributed by atoms with van der Waals surface area (Å²) in [6.45, 7) is 6.87. The molecule has 0 radical (unpaired) electrons. The maximum atomic E-state index is 5.68. The monoisotopic (exact) mass is 255 g/mol. The van der Waals surface area contributed by atoms with Gasteiger partial charge in [0.15, 0.2) is 6.10 Å². The van der Waals surface area contributed by atoms with E-state index in [9.17, 15) is 0 Å². The summed E-state index contributed by atoms with van der Waals surface area (Å²) in [6, 6.07) is 0.121. The molecule has 1 saturated heterocycles. The minimum Gasteiger partial charge on any atom is -0.421 e. The van der Waals surface area contributed by atoms with Crippen molar-refractivity contribution in [2.75, 3.05) is 26.4 Å². The van der Waals surface area contributed by atoms with E-state index < -0.39 is 0 Å². The fourth-order valence-electron chi connectivity index (χ4n) is 1.87. The Morgan fingerprint density at radius 3 is 2.89 bits per heavy atom. The lowest BCUT2D eigenvalue weighted by atomic mass is 10.2. The average Bonchev–Trinajstić information content (AvgIpc) is 2.90. The number of hydrogen-bond acceptors (Lipinski definition) is 6. The molecular formula is C12H21N3O3. The van der Waals surface area contributed by atoms with Gasteiger partial charge in [0.05, 0.1) is 25.9 Å². The molecule has 0 bridgehead atoms. The van der Waals surface area contributed by atoms with Crippen LogP contribution in [-0.4, -0.2) is 36.6 Å². The highest BCUT2D eigenvalue weighted by atomic mass is 16.6. The Hall–Kier alpha value is -0.980. The predicted octanol–water partition coefficient (Wildman–Crippen LogP) is 1.61. The number of nitrogens with one attached hydrogen (secondary N) is 1. The van der Waals surface area contributed by atoms with Gasteiger partial charge in [-0.1, -0.05) is 13.8 Å². The number of nitrogens with zero attached hydrogens (tertiary/aromatic N) is 2. The summed E-state index contributed by atoms with van der Waals surface area (Å²) < 4.78 is 16.5. The molecule has 2 atom stereocenters. The molecule has 1 aromatic rings. The van der Waals surface area contributed by atoms with Crippen LogP contribution in [0.25, 0.3) is 0 Å². The molecule has 2 unspecified atom stereocenters. The molecule has 1 fully saturated rings. The van der Waals surface area contributed by atoms with Crippen molar-refractivity contribution in [1.82, 2.24) is 15.5 Å². The third-order valence-electron chi connectivity index (χ3n) is 2.89. The van der Waals surface area contributed by atoms with Gasteiger partial charge in [0.25, 0.3) is 0 Å². The molecule has 1 aromatic heterocycles. The lowest BCUT2D eigenvalue weighted by molar-refractivity contribution is -0.1000. The van der Waals surface area contributed by atoms with Crippen molar-refractivity contribution in [1.29, 1.82) is 0 Å². The van der Waals surface area contributed by atoms with E-state index in [0.29, 0.717) is 31.6 Å². The SMILES string of the molecule is CCCNC(CC)c1nnc(C2COCCO2)o1. The van der Waals surface area contributed by atoms with Crippen LogP contribution in [0.5, 0.6) is 0 Å². The van der Waals surface area contributed by atoms with Gasteiger partial charge in [-0.15, -0.1) is 10.2 Å². The smallest absolute Gasteiger partial charge is 0.247 e. The van der Waals surface area contributed by atoms with Crippen LogP contribution in [0.1, 0.15) is 50.6 Å². The van der Waals surface area contributed by atoms with E-state index in [1.54, 1.807) is 0 Å². The van der Waals surface area contributed by atoms with Crippen LogP contribution in [0.4, 0.5) is 0 Å². The number of rotatable bonds is 6. The lowest BCUT2D eigenvalue weighted by Crippen LogP contribution is -2.22. The second-order valence-electron chi connectivity index (χ2n) is 4.33. The molecule has 1 aliphatic rings. The Labute approximate surface area is 107 Å². The van der Waals surface area contributed by atoms with Crippen LogP contribution >= 0.6 is 0 Å². The summed E-state index contributed by atoms with van der Waals surface area (Å²) in [4.78, 5) is 0. The van der Waals surface area contributed by atoms with Gasteiger partial charge in [0.2, 0.25) is 11.8 Å². The summed E-state index contributed by atoms with van der Waals surface area (Å²) in [6.07, 6.45) is 1.78. The van der Waals surface area contributed by atoms with Crippen LogP contribution in [-0.2, 0) is 9.47 Å². The van der Waals surface area contributed by atoms with Crippen molar-refractivity contribution in [3.63, 3.8) is 0 Å². The lowest BCUT2D eigenvalue weighted by Gasteiger charge is -2.19. The van der Waals surface area contributed by atoms with E-state index in [1.165, 1.54) is 0 Å². The van der Waals surface area contributed by atoms with Crippen LogP contribution in [0, 0.1) is 0 Å². The molecule has 0 aromatic carbocycles. The van der Waals surface area contributed by atoms with Gasteiger partial charge >= 0.3 is 0 Å². The van der Waals surface area contributed by atoms with E-state index >= 15 is 0 Å². The van der Waals surface area contributed by atoms with Crippen molar-refractivity contribution in [2.24, 2.45) is 0 Å². The first-order valence-electron chi connectivity index (χ1n) is 6.61. The number of ether oxygens (including phenoxy) is 2. The van der Waals surface area contributed by atoms with Crippen molar-refractivity contribution >= 4 is 0 Å². The van der Waals surface area contributed by atoms with Crippen LogP contribution in [0.15, 0.2) is 4.42 Å². The minimum atomic E-state index is -0.219. The summed E-state index contributed by atoms with van der Waals surface area (Å²) in [5, 5.41) is 11.5. The molecule has 0 aliphatic carbocycles. The maximum absolute atomic E-state index is 5.68. The largest absolute Gasteiger partial charge is 0.421 e. The summed E-state index contributed by atoms with van der Waals surface area (Å²) in [5.74, 6) is 1.15. The number of hydrogen-bond donors (Lipinski definition) is 1. The van der Waals surface area contributed by atoms with E-state index in [-0.39, 0.29) is 12.1 Å². The van der Waals surface area contributed by atoms with E-state index in [2.05, 4.69) is 29.4 Å². The van der Waals surface area contributed by atoms with Crippen LogP contribution < -0.4 is 5.32 Å². The maximum Gasteiger partial charge on any atom is 0.247 e. The van der Waals surface area contributed by atoms with Crippen LogP contribution in [0.2, 0.25) is 0 Å². The summed E-state index contributed by atoms with van der Waals surface area (Å²) in [5.41, 5.74) is 0. The molecule has 2 heterocycles. The molecule has 0 spiro atoms. The van der Waals surface area contributed by atoms with Gasteiger partial charge in [-0.25, -0.2) is 0 Å². The third kappa shape index (κ3) is 3.28. The Kier molecular flexibility index (Phi) is 5.10. The Morgan fingerprint density at radius 1 is 1.33 bits per heavy atom. The predicted molar refractivity (Wildman–Crippen MR) is 65.1 cm³/mol. The van der Waals surface area contributed by atoms with Gasteiger partial charge in [-0.05, 0) is 19.4 Å². The fourth-order valence-corrected chi connectivity index (χ4v) is 1.87.